The number of ether oxygens (including phenoxy) is 1. The van der Waals surface area contributed by atoms with Gasteiger partial charge in [0.2, 0.25) is 0 Å². The monoisotopic (exact) mass is 1030 g/mol. The number of rotatable bonds is 11. The number of piperidine rings is 1. The average molecular weight is 1040 g/mol. The normalized spacial score (nSPS) is 12.5. The van der Waals surface area contributed by atoms with Crippen LogP contribution in [0.2, 0.25) is 5.02 Å². The molecule has 4 nitrogen and oxygen atoms in total. The zero-order chi connectivity index (χ0) is 51.3. The van der Waals surface area contributed by atoms with Crippen LogP contribution in [-0.2, 0) is 24.2 Å². The second kappa shape index (κ2) is 34.1. The van der Waals surface area contributed by atoms with Gasteiger partial charge < -0.3 is 9.64 Å². The third-order valence-electron chi connectivity index (χ3n) is 11.6. The van der Waals surface area contributed by atoms with Gasteiger partial charge in [-0.2, -0.15) is 5.26 Å². The number of benzene rings is 5. The first-order valence-corrected chi connectivity index (χ1v) is 26.7. The summed E-state index contributed by atoms with van der Waals surface area (Å²) in [6, 6.07) is 45.4. The minimum absolute atomic E-state index is 0. The van der Waals surface area contributed by atoms with E-state index >= 15 is 0 Å². The SMILES string of the molecule is C.C.C.C.CC(C)(C)CC1CCN(C(=O)OCc2ccccc2)CC1.CC(C)(C)CCCSc1ccccc1Cl.CC(C)(C)Cc1ccc(-c2ccccc2C#N)cc1.CC(C)c1ccc(CC(C)(C)C)cc1. The second-order valence-corrected chi connectivity index (χ2v) is 25.4. The zero-order valence-corrected chi connectivity index (χ0v) is 46.6. The summed E-state index contributed by atoms with van der Waals surface area (Å²) in [5.41, 5.74) is 9.60. The molecule has 0 aliphatic carbocycles. The summed E-state index contributed by atoms with van der Waals surface area (Å²) in [5, 5.41) is 10.0. The first-order valence-electron chi connectivity index (χ1n) is 25.3. The van der Waals surface area contributed by atoms with Crippen molar-refractivity contribution >= 4 is 29.5 Å². The minimum Gasteiger partial charge on any atom is -0.445 e. The molecule has 5 aromatic carbocycles. The highest BCUT2D eigenvalue weighted by Crippen LogP contribution is 2.32. The Hall–Kier alpha value is -4.50. The van der Waals surface area contributed by atoms with Crippen molar-refractivity contribution in [1.29, 1.82) is 5.26 Å². The lowest BCUT2D eigenvalue weighted by Crippen LogP contribution is -2.39. The molecule has 1 amide bonds. The molecule has 73 heavy (non-hydrogen) atoms. The number of hydrogen-bond donors (Lipinski definition) is 0. The van der Waals surface area contributed by atoms with Gasteiger partial charge >= 0.3 is 6.09 Å². The van der Waals surface area contributed by atoms with Gasteiger partial charge in [0.25, 0.3) is 0 Å². The van der Waals surface area contributed by atoms with E-state index in [-0.39, 0.29) is 35.8 Å². The van der Waals surface area contributed by atoms with E-state index in [9.17, 15) is 4.79 Å². The van der Waals surface area contributed by atoms with Crippen LogP contribution in [0.5, 0.6) is 0 Å². The standard InChI is InChI=1S/C18H27NO2.C18H19N.C14H22.C13H19ClS.4CH4/c1-18(2,3)13-15-9-11-19(12-10-15)17(20)21-14-16-7-5-4-6-8-16;1-18(2,3)12-14-8-10-15(11-9-14)17-7-5-4-6-16(17)13-19;1-11(2)13-8-6-12(7-9-13)10-14(3,4)5;1-13(2,3)9-6-10-15-12-8-5-4-7-11(12)14;;;;/h4-8,15H,9-14H2,1-3H3;4-11H,12H2,1-3H3;6-9,11H,10H2,1-5H3;4-5,7-8H,6,9-10H2,1-3H3;4*1H4. The summed E-state index contributed by atoms with van der Waals surface area (Å²) < 4.78 is 5.39. The Labute approximate surface area is 459 Å². The fourth-order valence-corrected chi connectivity index (χ4v) is 9.41. The molecule has 0 atom stereocenters. The van der Waals surface area contributed by atoms with Crippen LogP contribution in [0, 0.1) is 38.9 Å². The van der Waals surface area contributed by atoms with Crippen LogP contribution in [0.15, 0.2) is 132 Å². The maximum atomic E-state index is 12.1. The highest BCUT2D eigenvalue weighted by Gasteiger charge is 2.27. The van der Waals surface area contributed by atoms with Crippen LogP contribution in [0.1, 0.15) is 192 Å². The van der Waals surface area contributed by atoms with Crippen molar-refractivity contribution in [3.05, 3.63) is 160 Å². The van der Waals surface area contributed by atoms with Crippen molar-refractivity contribution in [2.75, 3.05) is 18.8 Å². The third-order valence-corrected chi connectivity index (χ3v) is 13.2. The molecular formula is C67H103ClN2O2S. The van der Waals surface area contributed by atoms with E-state index in [1.807, 2.05) is 89.5 Å². The minimum atomic E-state index is -0.173. The number of nitrogens with zero attached hydrogens (tertiary/aromatic N) is 2. The van der Waals surface area contributed by atoms with E-state index in [0.717, 1.165) is 77.7 Å². The fourth-order valence-electron chi connectivity index (χ4n) is 8.22. The Balaban J connectivity index is 0. The van der Waals surface area contributed by atoms with Crippen molar-refractivity contribution < 1.29 is 9.53 Å². The van der Waals surface area contributed by atoms with Crippen LogP contribution in [0.4, 0.5) is 4.79 Å². The van der Waals surface area contributed by atoms with E-state index in [4.69, 9.17) is 21.6 Å². The molecule has 6 rings (SSSR count). The van der Waals surface area contributed by atoms with E-state index in [1.165, 1.54) is 40.8 Å². The summed E-state index contributed by atoms with van der Waals surface area (Å²) in [7, 11) is 0. The van der Waals surface area contributed by atoms with Crippen LogP contribution in [-0.4, -0.2) is 29.8 Å². The molecular weight excluding hydrogens is 932 g/mol. The average Bonchev–Trinajstić information content (AvgIpc) is 3.27. The number of thioether (sulfide) groups is 1. The molecule has 1 fully saturated rings. The maximum absolute atomic E-state index is 12.1. The lowest BCUT2D eigenvalue weighted by atomic mass is 9.80. The Morgan fingerprint density at radius 3 is 1.62 bits per heavy atom. The molecule has 0 radical (unpaired) electrons. The topological polar surface area (TPSA) is 53.3 Å². The molecule has 0 aromatic heterocycles. The van der Waals surface area contributed by atoms with Gasteiger partial charge in [-0.05, 0) is 136 Å². The molecule has 1 heterocycles. The smallest absolute Gasteiger partial charge is 0.410 e. The molecule has 406 valence electrons. The number of carbonyl (C=O) groups excluding carboxylic acids is 1. The van der Waals surface area contributed by atoms with Gasteiger partial charge in [-0.25, -0.2) is 4.79 Å². The number of carbonyl (C=O) groups is 1. The molecule has 1 saturated heterocycles. The van der Waals surface area contributed by atoms with E-state index in [1.54, 1.807) is 0 Å². The molecule has 0 saturated carbocycles. The molecule has 6 heteroatoms. The van der Waals surface area contributed by atoms with Gasteiger partial charge in [-0.1, -0.05) is 247 Å². The van der Waals surface area contributed by atoms with Gasteiger partial charge in [-0.3, -0.25) is 0 Å². The lowest BCUT2D eigenvalue weighted by molar-refractivity contribution is 0.0778. The Morgan fingerprint density at radius 2 is 1.14 bits per heavy atom. The summed E-state index contributed by atoms with van der Waals surface area (Å²) in [4.78, 5) is 15.1. The van der Waals surface area contributed by atoms with Gasteiger partial charge in [0.1, 0.15) is 6.61 Å². The maximum Gasteiger partial charge on any atom is 0.410 e. The van der Waals surface area contributed by atoms with E-state index < -0.39 is 0 Å². The molecule has 0 N–H and O–H groups in total. The highest BCUT2D eigenvalue weighted by atomic mass is 35.5. The first-order chi connectivity index (χ1) is 32.3. The van der Waals surface area contributed by atoms with Gasteiger partial charge in [0.05, 0.1) is 16.7 Å². The number of hydrogen-bond acceptors (Lipinski definition) is 4. The van der Waals surface area contributed by atoms with Crippen molar-refractivity contribution in [3.63, 3.8) is 0 Å². The van der Waals surface area contributed by atoms with Crippen LogP contribution < -0.4 is 0 Å². The van der Waals surface area contributed by atoms with E-state index in [0.29, 0.717) is 34.2 Å². The van der Waals surface area contributed by atoms with Crippen LogP contribution in [0.3, 0.4) is 0 Å². The number of likely N-dealkylation sites (tertiary alicyclic amines) is 1. The lowest BCUT2D eigenvalue weighted by Gasteiger charge is -2.34. The molecule has 5 aromatic rings. The summed E-state index contributed by atoms with van der Waals surface area (Å²) in [6.45, 7) is 33.8. The molecule has 0 unspecified atom stereocenters. The van der Waals surface area contributed by atoms with Crippen molar-refractivity contribution in [2.45, 2.75) is 189 Å². The van der Waals surface area contributed by atoms with Crippen molar-refractivity contribution in [2.24, 2.45) is 27.6 Å². The number of halogens is 1. The number of nitriles is 1. The highest BCUT2D eigenvalue weighted by molar-refractivity contribution is 7.99. The van der Waals surface area contributed by atoms with Crippen LogP contribution in [0.25, 0.3) is 11.1 Å². The molecule has 0 bridgehead atoms. The molecule has 1 aliphatic heterocycles. The quantitative estimate of drug-likeness (QED) is 0.0977. The van der Waals surface area contributed by atoms with Crippen molar-refractivity contribution in [1.82, 2.24) is 4.90 Å². The fraction of sp³-hybridized carbons (Fsp3) is 0.522. The van der Waals surface area contributed by atoms with Gasteiger partial charge in [-0.15, -0.1) is 11.8 Å². The molecule has 1 aliphatic rings. The summed E-state index contributed by atoms with van der Waals surface area (Å²) in [5.74, 6) is 2.53. The summed E-state index contributed by atoms with van der Waals surface area (Å²) >= 11 is 7.93. The predicted molar refractivity (Wildman–Crippen MR) is 326 cm³/mol. The Kier molecular flexibility index (Phi) is 33.0. The zero-order valence-electron chi connectivity index (χ0n) is 45.1. The van der Waals surface area contributed by atoms with Crippen LogP contribution >= 0.6 is 23.4 Å². The second-order valence-electron chi connectivity index (χ2n) is 23.9. The largest absolute Gasteiger partial charge is 0.445 e. The van der Waals surface area contributed by atoms with Gasteiger partial charge in [0.15, 0.2) is 0 Å². The Morgan fingerprint density at radius 1 is 0.644 bits per heavy atom. The Bertz CT molecular complexity index is 2260. The molecule has 0 spiro atoms. The summed E-state index contributed by atoms with van der Waals surface area (Å²) in [6.07, 6.45) is 7.99. The van der Waals surface area contributed by atoms with E-state index in [2.05, 4.69) is 158 Å². The third kappa shape index (κ3) is 30.5. The van der Waals surface area contributed by atoms with Gasteiger partial charge in [0, 0.05) is 18.0 Å². The van der Waals surface area contributed by atoms with Crippen molar-refractivity contribution in [3.8, 4) is 17.2 Å². The first kappa shape index (κ1) is 70.6. The predicted octanol–water partition coefficient (Wildman–Crippen LogP) is 21.5. The number of amides is 1.